The highest BCUT2D eigenvalue weighted by atomic mass is 79.9. The van der Waals surface area contributed by atoms with Gasteiger partial charge in [-0.1, -0.05) is 34.1 Å². The van der Waals surface area contributed by atoms with Crippen LogP contribution in [0.4, 0.5) is 0 Å². The third kappa shape index (κ3) is 5.37. The lowest BCUT2D eigenvalue weighted by molar-refractivity contribution is -0.139. The number of thioether (sulfide) groups is 1. The van der Waals surface area contributed by atoms with Gasteiger partial charge in [0.2, 0.25) is 0 Å². The normalized spacial score (nSPS) is 10.7. The van der Waals surface area contributed by atoms with Crippen LogP contribution in [0, 0.1) is 0 Å². The highest BCUT2D eigenvalue weighted by molar-refractivity contribution is 9.10. The molecule has 0 unspecified atom stereocenters. The number of methoxy groups -OCH3 is 1. The second-order valence-corrected chi connectivity index (χ2v) is 6.90. The quantitative estimate of drug-likeness (QED) is 0.372. The van der Waals surface area contributed by atoms with Crippen molar-refractivity contribution >= 4 is 45.5 Å². The van der Waals surface area contributed by atoms with Crippen LogP contribution in [0.1, 0.15) is 15.9 Å². The number of halogens is 1. The van der Waals surface area contributed by atoms with Gasteiger partial charge in [-0.3, -0.25) is 4.79 Å². The monoisotopic (exact) mass is 436 g/mol. The van der Waals surface area contributed by atoms with E-state index in [1.807, 2.05) is 30.5 Å². The Labute approximate surface area is 164 Å². The van der Waals surface area contributed by atoms with Crippen molar-refractivity contribution in [2.24, 2.45) is 0 Å². The second kappa shape index (κ2) is 9.45. The highest BCUT2D eigenvalue weighted by Crippen LogP contribution is 2.35. The Bertz CT molecular complexity index is 831. The summed E-state index contributed by atoms with van der Waals surface area (Å²) in [6.45, 7) is -0.543. The van der Waals surface area contributed by atoms with Crippen molar-refractivity contribution in [3.63, 3.8) is 0 Å². The van der Waals surface area contributed by atoms with E-state index in [9.17, 15) is 9.59 Å². The van der Waals surface area contributed by atoms with E-state index in [0.717, 1.165) is 14.9 Å². The first-order valence-corrected chi connectivity index (χ1v) is 9.55. The van der Waals surface area contributed by atoms with E-state index in [-0.39, 0.29) is 17.1 Å². The van der Waals surface area contributed by atoms with Gasteiger partial charge >= 0.3 is 5.97 Å². The van der Waals surface area contributed by atoms with Gasteiger partial charge in [0.25, 0.3) is 0 Å². The third-order valence-electron chi connectivity index (χ3n) is 3.40. The summed E-state index contributed by atoms with van der Waals surface area (Å²) >= 11 is 4.78. The summed E-state index contributed by atoms with van der Waals surface area (Å²) in [6, 6.07) is 10.7. The molecule has 2 rings (SSSR count). The molecule has 136 valence electrons. The average Bonchev–Trinajstić information content (AvgIpc) is 2.64. The van der Waals surface area contributed by atoms with Gasteiger partial charge in [0.1, 0.15) is 11.5 Å². The molecule has 0 saturated heterocycles. The van der Waals surface area contributed by atoms with Gasteiger partial charge in [0.15, 0.2) is 12.4 Å². The molecule has 0 atom stereocenters. The maximum absolute atomic E-state index is 12.6. The van der Waals surface area contributed by atoms with E-state index in [1.165, 1.54) is 31.0 Å². The first kappa shape index (κ1) is 20.1. The number of benzene rings is 2. The van der Waals surface area contributed by atoms with Gasteiger partial charge < -0.3 is 14.6 Å². The molecule has 0 aliphatic heterocycles. The van der Waals surface area contributed by atoms with Crippen molar-refractivity contribution in [1.82, 2.24) is 0 Å². The summed E-state index contributed by atoms with van der Waals surface area (Å²) in [5, 5.41) is 8.84. The number of ether oxygens (including phenoxy) is 2. The number of hydrogen-bond acceptors (Lipinski definition) is 5. The molecule has 0 radical (unpaired) electrons. The second-order valence-electron chi connectivity index (χ2n) is 5.13. The number of allylic oxidation sites excluding steroid dienone is 1. The van der Waals surface area contributed by atoms with Crippen LogP contribution >= 0.6 is 27.7 Å². The molecule has 7 heteroatoms. The van der Waals surface area contributed by atoms with Crippen molar-refractivity contribution in [2.75, 3.05) is 20.0 Å². The van der Waals surface area contributed by atoms with Crippen LogP contribution in [-0.2, 0) is 4.79 Å². The SMILES string of the molecule is COc1cc(OCC(=O)O)c(C(=O)C=Cc2ccc(Br)cc2)cc1SC. The summed E-state index contributed by atoms with van der Waals surface area (Å²) in [4.78, 5) is 24.2. The lowest BCUT2D eigenvalue weighted by Gasteiger charge is -2.13. The summed E-state index contributed by atoms with van der Waals surface area (Å²) in [5.41, 5.74) is 1.15. The van der Waals surface area contributed by atoms with Crippen LogP contribution in [0.2, 0.25) is 0 Å². The third-order valence-corrected chi connectivity index (χ3v) is 4.69. The van der Waals surface area contributed by atoms with Crippen LogP contribution in [0.5, 0.6) is 11.5 Å². The maximum atomic E-state index is 12.6. The molecule has 5 nitrogen and oxygen atoms in total. The van der Waals surface area contributed by atoms with E-state index >= 15 is 0 Å². The van der Waals surface area contributed by atoms with E-state index in [1.54, 1.807) is 12.1 Å². The number of rotatable bonds is 8. The Kier molecular flexibility index (Phi) is 7.29. The van der Waals surface area contributed by atoms with Crippen molar-refractivity contribution in [1.29, 1.82) is 0 Å². The molecule has 0 aliphatic carbocycles. The van der Waals surface area contributed by atoms with Gasteiger partial charge in [0, 0.05) is 10.5 Å². The highest BCUT2D eigenvalue weighted by Gasteiger charge is 2.16. The Morgan fingerprint density at radius 2 is 1.88 bits per heavy atom. The van der Waals surface area contributed by atoms with Crippen molar-refractivity contribution in [3.8, 4) is 11.5 Å². The summed E-state index contributed by atoms with van der Waals surface area (Å²) in [7, 11) is 1.50. The minimum atomic E-state index is -1.12. The number of carbonyl (C=O) groups excluding carboxylic acids is 1. The Balaban J connectivity index is 2.35. The summed E-state index contributed by atoms with van der Waals surface area (Å²) < 4.78 is 11.5. The number of aliphatic carboxylic acids is 1. The fraction of sp³-hybridized carbons (Fsp3) is 0.158. The number of carboxylic acids is 1. The minimum Gasteiger partial charge on any atom is -0.495 e. The largest absolute Gasteiger partial charge is 0.495 e. The first-order valence-electron chi connectivity index (χ1n) is 7.53. The zero-order valence-electron chi connectivity index (χ0n) is 14.2. The molecule has 1 N–H and O–H groups in total. The number of hydrogen-bond donors (Lipinski definition) is 1. The van der Waals surface area contributed by atoms with Crippen molar-refractivity contribution in [2.45, 2.75) is 4.90 Å². The van der Waals surface area contributed by atoms with Crippen molar-refractivity contribution < 1.29 is 24.2 Å². The average molecular weight is 437 g/mol. The molecule has 0 heterocycles. The smallest absolute Gasteiger partial charge is 0.341 e. The Hall–Kier alpha value is -2.25. The number of ketones is 1. The van der Waals surface area contributed by atoms with E-state index in [0.29, 0.717) is 5.75 Å². The van der Waals surface area contributed by atoms with Crippen LogP contribution < -0.4 is 9.47 Å². The van der Waals surface area contributed by atoms with Crippen LogP contribution in [0.3, 0.4) is 0 Å². The van der Waals surface area contributed by atoms with E-state index in [4.69, 9.17) is 14.6 Å². The maximum Gasteiger partial charge on any atom is 0.341 e. The van der Waals surface area contributed by atoms with Gasteiger partial charge in [-0.15, -0.1) is 11.8 Å². The van der Waals surface area contributed by atoms with Gasteiger partial charge in [-0.05, 0) is 36.1 Å². The predicted molar refractivity (Wildman–Crippen MR) is 105 cm³/mol. The Morgan fingerprint density at radius 1 is 1.19 bits per heavy atom. The van der Waals surface area contributed by atoms with Crippen molar-refractivity contribution in [3.05, 3.63) is 58.1 Å². The molecule has 2 aromatic rings. The van der Waals surface area contributed by atoms with Crippen LogP contribution in [0.15, 0.2) is 51.8 Å². The fourth-order valence-corrected chi connectivity index (χ4v) is 2.99. The molecule has 2 aromatic carbocycles. The number of carbonyl (C=O) groups is 2. The van der Waals surface area contributed by atoms with E-state index in [2.05, 4.69) is 15.9 Å². The molecule has 26 heavy (non-hydrogen) atoms. The van der Waals surface area contributed by atoms with Gasteiger partial charge in [-0.25, -0.2) is 4.79 Å². The molecule has 0 aliphatic rings. The number of carboxylic acid groups (broad SMARTS) is 1. The molecular weight excluding hydrogens is 420 g/mol. The first-order chi connectivity index (χ1) is 12.4. The molecular formula is C19H17BrO5S. The lowest BCUT2D eigenvalue weighted by Crippen LogP contribution is -2.12. The van der Waals surface area contributed by atoms with Gasteiger partial charge in [0.05, 0.1) is 17.6 Å². The summed E-state index contributed by atoms with van der Waals surface area (Å²) in [6.07, 6.45) is 4.99. The Morgan fingerprint density at radius 3 is 2.46 bits per heavy atom. The minimum absolute atomic E-state index is 0.174. The molecule has 0 amide bonds. The standard InChI is InChI=1S/C19H17BrO5S/c1-24-17-10-16(25-11-19(22)23)14(9-18(17)26-2)15(21)8-5-12-3-6-13(20)7-4-12/h3-10H,11H2,1-2H3,(H,22,23). The molecule has 0 saturated carbocycles. The summed E-state index contributed by atoms with van der Waals surface area (Å²) in [5.74, 6) is -0.716. The van der Waals surface area contributed by atoms with E-state index < -0.39 is 12.6 Å². The molecule has 0 bridgehead atoms. The van der Waals surface area contributed by atoms with Crippen LogP contribution in [-0.4, -0.2) is 36.8 Å². The fourth-order valence-electron chi connectivity index (χ4n) is 2.15. The molecule has 0 fully saturated rings. The predicted octanol–water partition coefficient (Wildman–Crippen LogP) is 4.54. The molecule has 0 spiro atoms. The topological polar surface area (TPSA) is 72.8 Å². The lowest BCUT2D eigenvalue weighted by atomic mass is 10.1. The van der Waals surface area contributed by atoms with Crippen LogP contribution in [0.25, 0.3) is 6.08 Å². The van der Waals surface area contributed by atoms with Gasteiger partial charge in [-0.2, -0.15) is 0 Å². The molecule has 0 aromatic heterocycles. The zero-order valence-corrected chi connectivity index (χ0v) is 16.6. The zero-order chi connectivity index (χ0) is 19.1.